The van der Waals surface area contributed by atoms with E-state index in [1.165, 1.54) is 18.7 Å². The highest BCUT2D eigenvalue weighted by Gasteiger charge is 2.45. The molecular formula is C24H25F6NO6S2. The molecule has 1 fully saturated rings. The number of alkyl halides is 6. The standard InChI is InChI=1S/C24H25F6NO6S2/c1-22(2,39(35,36)18-6-4-5-17(14-18)37-24(28,29)30)15-9-11-31(12-10-15)21(32)19-8-7-16(23(25,26)27)13-20(19)38(3,33)34/h4-8,13-15H,9-12H2,1-3H3. The lowest BCUT2D eigenvalue weighted by Crippen LogP contribution is -2.47. The predicted molar refractivity (Wildman–Crippen MR) is 128 cm³/mol. The third kappa shape index (κ3) is 6.68. The lowest BCUT2D eigenvalue weighted by atomic mass is 9.85. The third-order valence-corrected chi connectivity index (χ3v) is 10.5. The molecule has 0 bridgehead atoms. The van der Waals surface area contributed by atoms with Gasteiger partial charge < -0.3 is 9.64 Å². The normalized spacial score (nSPS) is 16.3. The Labute approximate surface area is 221 Å². The van der Waals surface area contributed by atoms with Crippen molar-refractivity contribution < 1.29 is 52.7 Å². The van der Waals surface area contributed by atoms with Crippen LogP contribution in [0, 0.1) is 5.92 Å². The van der Waals surface area contributed by atoms with Crippen LogP contribution in [0.2, 0.25) is 0 Å². The van der Waals surface area contributed by atoms with E-state index < -0.39 is 70.6 Å². The molecule has 0 radical (unpaired) electrons. The first kappa shape index (κ1) is 30.7. The summed E-state index contributed by atoms with van der Waals surface area (Å²) in [5, 5.41) is 0. The second-order valence-corrected chi connectivity index (χ2v) is 14.2. The van der Waals surface area contributed by atoms with Crippen LogP contribution >= 0.6 is 0 Å². The fraction of sp³-hybridized carbons (Fsp3) is 0.458. The molecule has 0 spiro atoms. The SMILES string of the molecule is CC(C)(C1CCN(C(=O)c2ccc(C(F)(F)F)cc2S(C)(=O)=O)CC1)S(=O)(=O)c1cccc(OC(F)(F)F)c1. The van der Waals surface area contributed by atoms with Crippen molar-refractivity contribution in [3.63, 3.8) is 0 Å². The first-order chi connectivity index (χ1) is 17.6. The van der Waals surface area contributed by atoms with Crippen LogP contribution in [0.1, 0.15) is 42.6 Å². The number of nitrogens with zero attached hydrogens (tertiary/aromatic N) is 1. The third-order valence-electron chi connectivity index (χ3n) is 6.75. The second-order valence-electron chi connectivity index (χ2n) is 9.68. The molecule has 1 heterocycles. The van der Waals surface area contributed by atoms with Crippen molar-refractivity contribution in [1.82, 2.24) is 4.90 Å². The van der Waals surface area contributed by atoms with Gasteiger partial charge in [0.25, 0.3) is 5.91 Å². The van der Waals surface area contributed by atoms with Crippen molar-refractivity contribution in [1.29, 1.82) is 0 Å². The van der Waals surface area contributed by atoms with Gasteiger partial charge in [-0.15, -0.1) is 13.2 Å². The maximum absolute atomic E-state index is 13.4. The van der Waals surface area contributed by atoms with E-state index in [0.717, 1.165) is 30.3 Å². The summed E-state index contributed by atoms with van der Waals surface area (Å²) in [6.45, 7) is 2.78. The Kier molecular flexibility index (Phi) is 8.12. The van der Waals surface area contributed by atoms with Crippen molar-refractivity contribution in [3.05, 3.63) is 53.6 Å². The van der Waals surface area contributed by atoms with Gasteiger partial charge in [-0.3, -0.25) is 4.79 Å². The number of likely N-dealkylation sites (tertiary alicyclic amines) is 1. The zero-order valence-electron chi connectivity index (χ0n) is 20.9. The van der Waals surface area contributed by atoms with Crippen LogP contribution < -0.4 is 4.74 Å². The lowest BCUT2D eigenvalue weighted by Gasteiger charge is -2.40. The zero-order valence-corrected chi connectivity index (χ0v) is 22.6. The Bertz CT molecular complexity index is 1460. The molecule has 1 aliphatic heterocycles. The Balaban J connectivity index is 1.82. The number of ether oxygens (including phenoxy) is 1. The van der Waals surface area contributed by atoms with E-state index >= 15 is 0 Å². The van der Waals surface area contributed by atoms with Crippen LogP contribution in [-0.2, 0) is 25.9 Å². The molecule has 216 valence electrons. The summed E-state index contributed by atoms with van der Waals surface area (Å²) in [4.78, 5) is 13.2. The number of sulfone groups is 2. The highest BCUT2D eigenvalue weighted by atomic mass is 32.2. The first-order valence-electron chi connectivity index (χ1n) is 11.5. The zero-order chi connectivity index (χ0) is 29.6. The van der Waals surface area contributed by atoms with Crippen molar-refractivity contribution in [2.75, 3.05) is 19.3 Å². The number of hydrogen-bond acceptors (Lipinski definition) is 6. The molecule has 0 unspecified atom stereocenters. The molecule has 0 atom stereocenters. The second kappa shape index (κ2) is 10.3. The number of carbonyl (C=O) groups is 1. The number of piperidine rings is 1. The fourth-order valence-electron chi connectivity index (χ4n) is 4.49. The lowest BCUT2D eigenvalue weighted by molar-refractivity contribution is -0.274. The minimum atomic E-state index is -5.01. The van der Waals surface area contributed by atoms with Crippen molar-refractivity contribution in [2.24, 2.45) is 5.92 Å². The number of amides is 1. The molecule has 2 aromatic rings. The highest BCUT2D eigenvalue weighted by Crippen LogP contribution is 2.40. The molecule has 0 saturated carbocycles. The topological polar surface area (TPSA) is 97.8 Å². The summed E-state index contributed by atoms with van der Waals surface area (Å²) in [5.41, 5.74) is -1.66. The summed E-state index contributed by atoms with van der Waals surface area (Å²) in [6, 6.07) is 5.84. The van der Waals surface area contributed by atoms with Gasteiger partial charge in [-0.1, -0.05) is 6.07 Å². The van der Waals surface area contributed by atoms with Crippen LogP contribution in [-0.4, -0.2) is 58.1 Å². The Morgan fingerprint density at radius 2 is 1.51 bits per heavy atom. The summed E-state index contributed by atoms with van der Waals surface area (Å²) in [5.74, 6) is -2.07. The van der Waals surface area contributed by atoms with Gasteiger partial charge in [-0.25, -0.2) is 16.8 Å². The van der Waals surface area contributed by atoms with Gasteiger partial charge in [0.2, 0.25) is 0 Å². The van der Waals surface area contributed by atoms with Gasteiger partial charge in [-0.2, -0.15) is 13.2 Å². The van der Waals surface area contributed by atoms with Crippen LogP contribution in [0.25, 0.3) is 0 Å². The predicted octanol–water partition coefficient (Wildman–Crippen LogP) is 5.11. The van der Waals surface area contributed by atoms with E-state index in [4.69, 9.17) is 0 Å². The first-order valence-corrected chi connectivity index (χ1v) is 14.8. The molecule has 1 amide bonds. The molecule has 7 nitrogen and oxygen atoms in total. The molecule has 1 saturated heterocycles. The maximum atomic E-state index is 13.4. The van der Waals surface area contributed by atoms with Crippen molar-refractivity contribution >= 4 is 25.6 Å². The number of carbonyl (C=O) groups excluding carboxylic acids is 1. The number of benzene rings is 2. The molecule has 39 heavy (non-hydrogen) atoms. The molecular weight excluding hydrogens is 576 g/mol. The van der Waals surface area contributed by atoms with Gasteiger partial charge >= 0.3 is 12.5 Å². The van der Waals surface area contributed by atoms with E-state index in [0.29, 0.717) is 18.4 Å². The highest BCUT2D eigenvalue weighted by molar-refractivity contribution is 7.92. The van der Waals surface area contributed by atoms with Crippen LogP contribution in [0.3, 0.4) is 0 Å². The van der Waals surface area contributed by atoms with E-state index in [-0.39, 0.29) is 30.8 Å². The van der Waals surface area contributed by atoms with Gasteiger partial charge in [0, 0.05) is 19.3 Å². The Hall–Kier alpha value is -2.81. The largest absolute Gasteiger partial charge is 0.573 e. The minimum Gasteiger partial charge on any atom is -0.406 e. The van der Waals surface area contributed by atoms with Gasteiger partial charge in [0.15, 0.2) is 19.7 Å². The van der Waals surface area contributed by atoms with Gasteiger partial charge in [0.05, 0.1) is 25.7 Å². The molecule has 1 aliphatic rings. The Morgan fingerprint density at radius 1 is 0.923 bits per heavy atom. The van der Waals surface area contributed by atoms with E-state index in [1.54, 1.807) is 0 Å². The molecule has 15 heteroatoms. The van der Waals surface area contributed by atoms with Crippen LogP contribution in [0.15, 0.2) is 52.3 Å². The molecule has 0 N–H and O–H groups in total. The molecule has 3 rings (SSSR count). The summed E-state index contributed by atoms with van der Waals surface area (Å²) in [6.07, 6.45) is -8.89. The molecule has 0 aromatic heterocycles. The van der Waals surface area contributed by atoms with Gasteiger partial charge in [-0.05, 0) is 69.0 Å². The van der Waals surface area contributed by atoms with E-state index in [1.807, 2.05) is 0 Å². The van der Waals surface area contributed by atoms with Crippen molar-refractivity contribution in [3.8, 4) is 5.75 Å². The number of halogens is 6. The average molecular weight is 602 g/mol. The number of rotatable bonds is 6. The van der Waals surface area contributed by atoms with Crippen LogP contribution in [0.5, 0.6) is 5.75 Å². The minimum absolute atomic E-state index is 0.0239. The van der Waals surface area contributed by atoms with Crippen LogP contribution in [0.4, 0.5) is 26.3 Å². The molecule has 2 aromatic carbocycles. The summed E-state index contributed by atoms with van der Waals surface area (Å²) in [7, 11) is -8.39. The van der Waals surface area contributed by atoms with Gasteiger partial charge in [0.1, 0.15) is 5.75 Å². The fourth-order valence-corrected chi connectivity index (χ4v) is 7.20. The molecule has 0 aliphatic carbocycles. The smallest absolute Gasteiger partial charge is 0.406 e. The monoisotopic (exact) mass is 601 g/mol. The quantitative estimate of drug-likeness (QED) is 0.427. The summed E-state index contributed by atoms with van der Waals surface area (Å²) < 4.78 is 131. The number of hydrogen-bond donors (Lipinski definition) is 0. The summed E-state index contributed by atoms with van der Waals surface area (Å²) >= 11 is 0. The van der Waals surface area contributed by atoms with Crippen molar-refractivity contribution in [2.45, 2.75) is 53.8 Å². The average Bonchev–Trinajstić information content (AvgIpc) is 2.81. The van der Waals surface area contributed by atoms with E-state index in [2.05, 4.69) is 4.74 Å². The maximum Gasteiger partial charge on any atom is 0.573 e. The Morgan fingerprint density at radius 3 is 2.03 bits per heavy atom. The van der Waals surface area contributed by atoms with E-state index in [9.17, 15) is 48.0 Å².